The molecule has 1 unspecified atom stereocenters. The number of non-ortho nitro benzene ring substituents is 1. The van der Waals surface area contributed by atoms with Crippen molar-refractivity contribution in [3.63, 3.8) is 0 Å². The zero-order chi connectivity index (χ0) is 20.3. The van der Waals surface area contributed by atoms with Gasteiger partial charge in [-0.05, 0) is 43.1 Å². The highest BCUT2D eigenvalue weighted by atomic mass is 32.1. The van der Waals surface area contributed by atoms with E-state index in [0.29, 0.717) is 16.6 Å². The fourth-order valence-electron chi connectivity index (χ4n) is 2.44. The Bertz CT molecular complexity index is 1110. The zero-order valence-corrected chi connectivity index (χ0v) is 15.8. The monoisotopic (exact) mass is 397 g/mol. The van der Waals surface area contributed by atoms with Gasteiger partial charge in [-0.15, -0.1) is 5.11 Å². The van der Waals surface area contributed by atoms with Crippen molar-refractivity contribution in [3.8, 4) is 0 Å². The number of fused-ring (bicyclic) bond motifs is 1. The van der Waals surface area contributed by atoms with Crippen LogP contribution < -0.4 is 5.32 Å². The molecule has 0 aliphatic heterocycles. The van der Waals surface area contributed by atoms with E-state index in [0.717, 1.165) is 17.1 Å². The fraction of sp³-hybridized carbons (Fsp3) is 0.167. The number of ketones is 1. The summed E-state index contributed by atoms with van der Waals surface area (Å²) in [6, 6.07) is 10.0. The fourth-order valence-corrected chi connectivity index (χ4v) is 3.13. The van der Waals surface area contributed by atoms with Gasteiger partial charge in [0.15, 0.2) is 10.8 Å². The highest BCUT2D eigenvalue weighted by Gasteiger charge is 2.24. The number of para-hydroxylation sites is 1. The number of hydrogen-bond acceptors (Lipinski definition) is 8. The van der Waals surface area contributed by atoms with Crippen molar-refractivity contribution in [2.75, 3.05) is 5.32 Å². The molecule has 142 valence electrons. The molecule has 0 aliphatic carbocycles. The molecule has 0 saturated carbocycles. The lowest BCUT2D eigenvalue weighted by molar-refractivity contribution is -0.384. The summed E-state index contributed by atoms with van der Waals surface area (Å²) in [5.41, 5.74) is 1.83. The maximum absolute atomic E-state index is 12.5. The Balaban J connectivity index is 1.87. The van der Waals surface area contributed by atoms with Gasteiger partial charge in [-0.25, -0.2) is 0 Å². The first-order valence-electron chi connectivity index (χ1n) is 8.18. The summed E-state index contributed by atoms with van der Waals surface area (Å²) in [4.78, 5) is 34.8. The van der Waals surface area contributed by atoms with E-state index in [-0.39, 0.29) is 10.7 Å². The van der Waals surface area contributed by atoms with Gasteiger partial charge in [-0.3, -0.25) is 19.7 Å². The standard InChI is InChI=1S/C18H15N5O4S/c1-10-5-3-4-6-14(10)19-17(25)16(11(2)24)20-21-18-13-9-12(23(26)27)7-8-15(13)22-28-18/h3-9,16H,1-2H3,(H,19,25). The van der Waals surface area contributed by atoms with Crippen LogP contribution in [-0.4, -0.2) is 27.0 Å². The number of Topliss-reactive ketones (excluding diaryl/α,β-unsaturated/α-hetero) is 1. The first-order valence-corrected chi connectivity index (χ1v) is 8.96. The maximum Gasteiger partial charge on any atom is 0.270 e. The molecule has 1 aromatic heterocycles. The molecule has 0 saturated heterocycles. The quantitative estimate of drug-likeness (QED) is 0.289. The number of aryl methyl sites for hydroxylation is 1. The SMILES string of the molecule is CC(=O)C(N=Nc1snc2ccc([N+](=O)[O-])cc12)C(=O)Nc1ccccc1C. The van der Waals surface area contributed by atoms with E-state index in [2.05, 4.69) is 19.9 Å². The summed E-state index contributed by atoms with van der Waals surface area (Å²) in [5, 5.41) is 22.2. The average molecular weight is 397 g/mol. The van der Waals surface area contributed by atoms with E-state index in [1.54, 1.807) is 12.1 Å². The molecule has 1 N–H and O–H groups in total. The third-order valence-corrected chi connectivity index (χ3v) is 4.71. The van der Waals surface area contributed by atoms with E-state index in [9.17, 15) is 19.7 Å². The van der Waals surface area contributed by atoms with Gasteiger partial charge in [0.2, 0.25) is 6.04 Å². The summed E-state index contributed by atoms with van der Waals surface area (Å²) < 4.78 is 4.15. The first-order chi connectivity index (χ1) is 13.4. The average Bonchev–Trinajstić information content (AvgIpc) is 3.06. The van der Waals surface area contributed by atoms with Gasteiger partial charge < -0.3 is 5.32 Å². The molecular weight excluding hydrogens is 382 g/mol. The lowest BCUT2D eigenvalue weighted by Crippen LogP contribution is -2.32. The van der Waals surface area contributed by atoms with Gasteiger partial charge in [0, 0.05) is 23.2 Å². The molecule has 0 fully saturated rings. The van der Waals surface area contributed by atoms with Crippen LogP contribution in [0.3, 0.4) is 0 Å². The number of benzene rings is 2. The van der Waals surface area contributed by atoms with Crippen molar-refractivity contribution in [2.24, 2.45) is 10.2 Å². The number of hydrogen-bond donors (Lipinski definition) is 1. The van der Waals surface area contributed by atoms with E-state index in [1.807, 2.05) is 19.1 Å². The first kappa shape index (κ1) is 19.2. The molecule has 0 radical (unpaired) electrons. The van der Waals surface area contributed by atoms with Crippen LogP contribution >= 0.6 is 11.5 Å². The normalized spacial score (nSPS) is 12.2. The van der Waals surface area contributed by atoms with Crippen molar-refractivity contribution in [3.05, 3.63) is 58.1 Å². The predicted molar refractivity (Wildman–Crippen MR) is 105 cm³/mol. The second-order valence-electron chi connectivity index (χ2n) is 5.98. The molecular formula is C18H15N5O4S. The Kier molecular flexibility index (Phi) is 5.50. The van der Waals surface area contributed by atoms with Gasteiger partial charge in [-0.2, -0.15) is 9.49 Å². The van der Waals surface area contributed by atoms with Crippen molar-refractivity contribution < 1.29 is 14.5 Å². The Morgan fingerprint density at radius 2 is 2.00 bits per heavy atom. The van der Waals surface area contributed by atoms with Gasteiger partial charge >= 0.3 is 0 Å². The molecule has 1 heterocycles. The molecule has 0 bridgehead atoms. The Labute approximate surface area is 163 Å². The van der Waals surface area contributed by atoms with Crippen molar-refractivity contribution in [2.45, 2.75) is 19.9 Å². The third-order valence-electron chi connectivity index (χ3n) is 3.95. The number of carbonyl (C=O) groups is 2. The molecule has 0 spiro atoms. The highest BCUT2D eigenvalue weighted by molar-refractivity contribution is 7.11. The smallest absolute Gasteiger partial charge is 0.270 e. The van der Waals surface area contributed by atoms with Gasteiger partial charge in [0.05, 0.1) is 10.4 Å². The molecule has 2 aromatic carbocycles. The second-order valence-corrected chi connectivity index (χ2v) is 6.73. The van der Waals surface area contributed by atoms with Gasteiger partial charge in [-0.1, -0.05) is 18.2 Å². The predicted octanol–water partition coefficient (Wildman–Crippen LogP) is 4.19. The summed E-state index contributed by atoms with van der Waals surface area (Å²) in [5.74, 6) is -1.08. The summed E-state index contributed by atoms with van der Waals surface area (Å²) in [6.07, 6.45) is 0. The van der Waals surface area contributed by atoms with Crippen LogP contribution in [-0.2, 0) is 9.59 Å². The molecule has 10 heteroatoms. The van der Waals surface area contributed by atoms with Crippen molar-refractivity contribution in [1.29, 1.82) is 0 Å². The van der Waals surface area contributed by atoms with Crippen LogP contribution in [0.15, 0.2) is 52.7 Å². The Morgan fingerprint density at radius 3 is 2.68 bits per heavy atom. The number of rotatable bonds is 6. The number of carbonyl (C=O) groups excluding carboxylic acids is 2. The Morgan fingerprint density at radius 1 is 1.25 bits per heavy atom. The van der Waals surface area contributed by atoms with Crippen LogP contribution in [0, 0.1) is 17.0 Å². The molecule has 3 aromatic rings. The Hall–Kier alpha value is -3.53. The lowest BCUT2D eigenvalue weighted by Gasteiger charge is -2.11. The van der Waals surface area contributed by atoms with Crippen LogP contribution in [0.5, 0.6) is 0 Å². The van der Waals surface area contributed by atoms with E-state index in [1.165, 1.54) is 25.1 Å². The van der Waals surface area contributed by atoms with Crippen molar-refractivity contribution in [1.82, 2.24) is 4.37 Å². The summed E-state index contributed by atoms with van der Waals surface area (Å²) >= 11 is 0.979. The van der Waals surface area contributed by atoms with Gasteiger partial charge in [0.25, 0.3) is 11.6 Å². The highest BCUT2D eigenvalue weighted by Crippen LogP contribution is 2.33. The zero-order valence-electron chi connectivity index (χ0n) is 14.9. The number of nitro benzene ring substituents is 1. The topological polar surface area (TPSA) is 127 Å². The molecule has 1 amide bonds. The number of nitrogens with zero attached hydrogens (tertiary/aromatic N) is 4. The number of anilines is 1. The van der Waals surface area contributed by atoms with Gasteiger partial charge in [0.1, 0.15) is 0 Å². The number of aromatic nitrogens is 1. The number of nitrogens with one attached hydrogen (secondary N) is 1. The van der Waals surface area contributed by atoms with Crippen molar-refractivity contribution >= 4 is 50.5 Å². The minimum atomic E-state index is -1.34. The van der Waals surface area contributed by atoms with E-state index < -0.39 is 22.7 Å². The van der Waals surface area contributed by atoms with E-state index in [4.69, 9.17) is 0 Å². The second kappa shape index (κ2) is 8.01. The molecule has 3 rings (SSSR count). The number of amides is 1. The largest absolute Gasteiger partial charge is 0.324 e. The maximum atomic E-state index is 12.5. The van der Waals surface area contributed by atoms with Crippen LogP contribution in [0.4, 0.5) is 16.4 Å². The molecule has 28 heavy (non-hydrogen) atoms. The number of azo groups is 1. The summed E-state index contributed by atoms with van der Waals surface area (Å²) in [6.45, 7) is 3.08. The minimum Gasteiger partial charge on any atom is -0.324 e. The minimum absolute atomic E-state index is 0.107. The van der Waals surface area contributed by atoms with Crippen LogP contribution in [0.1, 0.15) is 12.5 Å². The lowest BCUT2D eigenvalue weighted by atomic mass is 10.1. The molecule has 0 aliphatic rings. The molecule has 9 nitrogen and oxygen atoms in total. The molecule has 1 atom stereocenters. The third kappa shape index (κ3) is 4.07. The van der Waals surface area contributed by atoms with E-state index >= 15 is 0 Å². The van der Waals surface area contributed by atoms with Crippen LogP contribution in [0.25, 0.3) is 10.9 Å². The number of nitro groups is 1. The summed E-state index contributed by atoms with van der Waals surface area (Å²) in [7, 11) is 0. The van der Waals surface area contributed by atoms with Crippen LogP contribution in [0.2, 0.25) is 0 Å².